The molecule has 112 valence electrons. The average molecular weight is 287 g/mol. The van der Waals surface area contributed by atoms with Crippen LogP contribution in [0.15, 0.2) is 18.2 Å². The Labute approximate surface area is 125 Å². The van der Waals surface area contributed by atoms with Crippen LogP contribution in [0.1, 0.15) is 34.3 Å². The first-order chi connectivity index (χ1) is 10.2. The molecule has 0 spiro atoms. The number of carbonyl (C=O) groups excluding carboxylic acids is 1. The normalized spacial score (nSPS) is 13.4. The molecular weight excluding hydrogens is 266 g/mol. The van der Waals surface area contributed by atoms with Gasteiger partial charge >= 0.3 is 0 Å². The van der Waals surface area contributed by atoms with Crippen LogP contribution in [-0.4, -0.2) is 37.4 Å². The molecule has 2 rings (SSSR count). The highest BCUT2D eigenvalue weighted by molar-refractivity contribution is 5.94. The third-order valence-electron chi connectivity index (χ3n) is 3.37. The van der Waals surface area contributed by atoms with Gasteiger partial charge in [-0.15, -0.1) is 0 Å². The molecule has 2 N–H and O–H groups in total. The van der Waals surface area contributed by atoms with Gasteiger partial charge in [0.2, 0.25) is 0 Å². The molecule has 4 heteroatoms. The lowest BCUT2D eigenvalue weighted by atomic mass is 10.0. The minimum atomic E-state index is -0.164. The van der Waals surface area contributed by atoms with Crippen molar-refractivity contribution in [3.63, 3.8) is 0 Å². The van der Waals surface area contributed by atoms with Crippen molar-refractivity contribution in [3.8, 4) is 11.8 Å². The van der Waals surface area contributed by atoms with Crippen LogP contribution >= 0.6 is 0 Å². The summed E-state index contributed by atoms with van der Waals surface area (Å²) >= 11 is 0. The van der Waals surface area contributed by atoms with E-state index in [1.165, 1.54) is 12.8 Å². The highest BCUT2D eigenvalue weighted by Gasteiger charge is 2.20. The zero-order chi connectivity index (χ0) is 15.1. The molecule has 1 saturated carbocycles. The first-order valence-corrected chi connectivity index (χ1v) is 7.27. The summed E-state index contributed by atoms with van der Waals surface area (Å²) < 4.78 is 5.47. The molecule has 0 atom stereocenters. The number of aryl methyl sites for hydroxylation is 1. The van der Waals surface area contributed by atoms with Crippen molar-refractivity contribution in [2.24, 2.45) is 5.92 Å². The summed E-state index contributed by atoms with van der Waals surface area (Å²) in [5, 5.41) is 11.5. The van der Waals surface area contributed by atoms with Crippen molar-refractivity contribution in [3.05, 3.63) is 34.9 Å². The van der Waals surface area contributed by atoms with E-state index in [1.54, 1.807) is 12.1 Å². The Morgan fingerprint density at radius 2 is 2.29 bits per heavy atom. The summed E-state index contributed by atoms with van der Waals surface area (Å²) in [6, 6.07) is 5.35. The van der Waals surface area contributed by atoms with Crippen molar-refractivity contribution in [2.75, 3.05) is 26.4 Å². The van der Waals surface area contributed by atoms with E-state index in [-0.39, 0.29) is 12.5 Å². The second kappa shape index (κ2) is 7.82. The number of amides is 1. The smallest absolute Gasteiger partial charge is 0.251 e. The molecule has 1 amide bonds. The largest absolute Gasteiger partial charge is 0.384 e. The Morgan fingerprint density at radius 3 is 2.95 bits per heavy atom. The molecule has 1 aliphatic carbocycles. The lowest BCUT2D eigenvalue weighted by Crippen LogP contribution is -2.27. The molecule has 4 nitrogen and oxygen atoms in total. The fourth-order valence-corrected chi connectivity index (χ4v) is 1.95. The second-order valence-electron chi connectivity index (χ2n) is 5.26. The van der Waals surface area contributed by atoms with Gasteiger partial charge in [-0.05, 0) is 49.4 Å². The van der Waals surface area contributed by atoms with Gasteiger partial charge < -0.3 is 15.2 Å². The van der Waals surface area contributed by atoms with Crippen LogP contribution in [0.2, 0.25) is 0 Å². The standard InChI is InChI=1S/C17H21NO3/c1-13-11-16(7-6-15(13)3-2-9-19)17(20)18-8-10-21-12-14-4-5-14/h6-7,11,14,19H,4-5,8-10,12H2,1H3,(H,18,20). The Bertz CT molecular complexity index is 553. The number of nitrogens with one attached hydrogen (secondary N) is 1. The predicted octanol–water partition coefficient (Wildman–Crippen LogP) is 1.50. The molecular formula is C17H21NO3. The number of aliphatic hydroxyl groups excluding tert-OH is 1. The van der Waals surface area contributed by atoms with Crippen LogP contribution < -0.4 is 5.32 Å². The number of benzene rings is 1. The van der Waals surface area contributed by atoms with Crippen LogP contribution in [0.4, 0.5) is 0 Å². The number of ether oxygens (including phenoxy) is 1. The van der Waals surface area contributed by atoms with E-state index in [1.807, 2.05) is 13.0 Å². The molecule has 0 heterocycles. The molecule has 21 heavy (non-hydrogen) atoms. The van der Waals surface area contributed by atoms with Crippen LogP contribution in [0.5, 0.6) is 0 Å². The van der Waals surface area contributed by atoms with Gasteiger partial charge in [0.25, 0.3) is 5.91 Å². The molecule has 1 aromatic carbocycles. The number of hydrogen-bond acceptors (Lipinski definition) is 3. The maximum absolute atomic E-state index is 12.0. The van der Waals surface area contributed by atoms with Crippen molar-refractivity contribution in [1.29, 1.82) is 0 Å². The molecule has 1 aromatic rings. The molecule has 1 aliphatic rings. The third-order valence-corrected chi connectivity index (χ3v) is 3.37. The van der Waals surface area contributed by atoms with E-state index >= 15 is 0 Å². The SMILES string of the molecule is Cc1cc(C(=O)NCCOCC2CC2)ccc1C#CCO. The van der Waals surface area contributed by atoms with Crippen LogP contribution in [0.25, 0.3) is 0 Å². The minimum absolute atomic E-state index is 0.102. The highest BCUT2D eigenvalue weighted by atomic mass is 16.5. The van der Waals surface area contributed by atoms with Crippen LogP contribution in [0.3, 0.4) is 0 Å². The number of rotatable bonds is 6. The van der Waals surface area contributed by atoms with Gasteiger partial charge in [-0.3, -0.25) is 4.79 Å². The second-order valence-corrected chi connectivity index (χ2v) is 5.26. The Kier molecular flexibility index (Phi) is 5.79. The van der Waals surface area contributed by atoms with Gasteiger partial charge in [-0.1, -0.05) is 11.8 Å². The lowest BCUT2D eigenvalue weighted by molar-refractivity contribution is 0.0906. The fourth-order valence-electron chi connectivity index (χ4n) is 1.95. The van der Waals surface area contributed by atoms with E-state index in [4.69, 9.17) is 9.84 Å². The third kappa shape index (κ3) is 5.22. The summed E-state index contributed by atoms with van der Waals surface area (Å²) in [5.41, 5.74) is 2.37. The first kappa shape index (κ1) is 15.6. The quantitative estimate of drug-likeness (QED) is 0.616. The van der Waals surface area contributed by atoms with Crippen molar-refractivity contribution in [1.82, 2.24) is 5.32 Å². The molecule has 1 fully saturated rings. The summed E-state index contributed by atoms with van der Waals surface area (Å²) in [6.07, 6.45) is 2.55. The summed E-state index contributed by atoms with van der Waals surface area (Å²) in [5.74, 6) is 6.10. The number of aliphatic hydroxyl groups is 1. The predicted molar refractivity (Wildman–Crippen MR) is 81.0 cm³/mol. The Balaban J connectivity index is 1.79. The summed E-state index contributed by atoms with van der Waals surface area (Å²) in [4.78, 5) is 12.0. The highest BCUT2D eigenvalue weighted by Crippen LogP contribution is 2.28. The van der Waals surface area contributed by atoms with E-state index in [2.05, 4.69) is 17.2 Å². The maximum atomic E-state index is 12.0. The number of carbonyl (C=O) groups is 1. The maximum Gasteiger partial charge on any atom is 0.251 e. The van der Waals surface area contributed by atoms with E-state index in [9.17, 15) is 4.79 Å². The zero-order valence-electron chi connectivity index (χ0n) is 12.3. The van der Waals surface area contributed by atoms with Gasteiger partial charge in [0, 0.05) is 24.3 Å². The van der Waals surface area contributed by atoms with Crippen molar-refractivity contribution in [2.45, 2.75) is 19.8 Å². The lowest BCUT2D eigenvalue weighted by Gasteiger charge is -2.07. The minimum Gasteiger partial charge on any atom is -0.384 e. The monoisotopic (exact) mass is 287 g/mol. The molecule has 0 aromatic heterocycles. The fraction of sp³-hybridized carbons (Fsp3) is 0.471. The van der Waals surface area contributed by atoms with Gasteiger partial charge in [0.1, 0.15) is 6.61 Å². The van der Waals surface area contributed by atoms with Gasteiger partial charge in [0.15, 0.2) is 0 Å². The summed E-state index contributed by atoms with van der Waals surface area (Å²) in [6.45, 7) is 3.63. The van der Waals surface area contributed by atoms with E-state index in [0.717, 1.165) is 23.7 Å². The van der Waals surface area contributed by atoms with E-state index < -0.39 is 0 Å². The first-order valence-electron chi connectivity index (χ1n) is 7.27. The van der Waals surface area contributed by atoms with Crippen molar-refractivity contribution < 1.29 is 14.6 Å². The molecule has 0 saturated heterocycles. The molecule has 0 unspecified atom stereocenters. The van der Waals surface area contributed by atoms with Gasteiger partial charge in [-0.2, -0.15) is 0 Å². The van der Waals surface area contributed by atoms with Crippen LogP contribution in [0, 0.1) is 24.7 Å². The van der Waals surface area contributed by atoms with Crippen LogP contribution in [-0.2, 0) is 4.74 Å². The average Bonchev–Trinajstić information content (AvgIpc) is 3.29. The molecule has 0 aliphatic heterocycles. The topological polar surface area (TPSA) is 58.6 Å². The van der Waals surface area contributed by atoms with Crippen molar-refractivity contribution >= 4 is 5.91 Å². The Morgan fingerprint density at radius 1 is 1.48 bits per heavy atom. The molecule has 0 bridgehead atoms. The van der Waals surface area contributed by atoms with Gasteiger partial charge in [-0.25, -0.2) is 0 Å². The van der Waals surface area contributed by atoms with E-state index in [0.29, 0.717) is 18.7 Å². The zero-order valence-corrected chi connectivity index (χ0v) is 12.3. The van der Waals surface area contributed by atoms with Gasteiger partial charge in [0.05, 0.1) is 6.61 Å². The number of hydrogen-bond donors (Lipinski definition) is 2. The summed E-state index contributed by atoms with van der Waals surface area (Å²) in [7, 11) is 0. The molecule has 0 radical (unpaired) electrons. The Hall–Kier alpha value is -1.83.